The van der Waals surface area contributed by atoms with Gasteiger partial charge in [-0.25, -0.2) is 9.37 Å². The first-order chi connectivity index (χ1) is 8.72. The van der Waals surface area contributed by atoms with Gasteiger partial charge in [0, 0.05) is 12.6 Å². The summed E-state index contributed by atoms with van der Waals surface area (Å²) in [7, 11) is 0. The van der Waals surface area contributed by atoms with Gasteiger partial charge in [-0.1, -0.05) is 0 Å². The third-order valence-corrected chi connectivity index (χ3v) is 3.30. The van der Waals surface area contributed by atoms with Crippen LogP contribution < -0.4 is 5.32 Å². The molecule has 0 saturated carbocycles. The highest BCUT2D eigenvalue weighted by Gasteiger charge is 2.25. The number of nitrogens with zero attached hydrogens (tertiary/aromatic N) is 2. The quantitative estimate of drug-likeness (QED) is 0.884. The zero-order valence-electron chi connectivity index (χ0n) is 10.5. The monoisotopic (exact) mass is 251 g/mol. The van der Waals surface area contributed by atoms with Crippen LogP contribution in [0.2, 0.25) is 0 Å². The lowest BCUT2D eigenvalue weighted by Gasteiger charge is -2.33. The summed E-state index contributed by atoms with van der Waals surface area (Å²) in [4.78, 5) is 18.0. The summed E-state index contributed by atoms with van der Waals surface area (Å²) in [6, 6.07) is 2.98. The van der Waals surface area contributed by atoms with Gasteiger partial charge in [-0.05, 0) is 45.0 Å². The van der Waals surface area contributed by atoms with Gasteiger partial charge in [0.1, 0.15) is 11.5 Å². The van der Waals surface area contributed by atoms with Gasteiger partial charge in [-0.3, -0.25) is 4.79 Å². The fourth-order valence-corrected chi connectivity index (χ4v) is 2.34. The van der Waals surface area contributed by atoms with Gasteiger partial charge in [0.25, 0.3) is 5.91 Å². The molecule has 1 saturated heterocycles. The minimum absolute atomic E-state index is 0.107. The predicted octanol–water partition coefficient (Wildman–Crippen LogP) is 1.43. The molecule has 0 aliphatic carbocycles. The number of piperidine rings is 1. The number of amides is 1. The molecule has 1 aromatic heterocycles. The molecule has 1 aliphatic rings. The minimum atomic E-state index is -0.420. The summed E-state index contributed by atoms with van der Waals surface area (Å²) in [5.74, 6) is -0.527. The van der Waals surface area contributed by atoms with E-state index in [-0.39, 0.29) is 11.9 Å². The number of hydrogen-bond acceptors (Lipinski definition) is 3. The summed E-state index contributed by atoms with van der Waals surface area (Å²) in [6.45, 7) is 4.49. The lowest BCUT2D eigenvalue weighted by Crippen LogP contribution is -2.46. The van der Waals surface area contributed by atoms with Crippen molar-refractivity contribution in [3.63, 3.8) is 0 Å². The highest BCUT2D eigenvalue weighted by Crippen LogP contribution is 2.14. The van der Waals surface area contributed by atoms with E-state index >= 15 is 0 Å². The maximum atomic E-state index is 12.8. The van der Waals surface area contributed by atoms with Crippen molar-refractivity contribution in [1.29, 1.82) is 0 Å². The van der Waals surface area contributed by atoms with Crippen LogP contribution in [-0.2, 0) is 0 Å². The van der Waals surface area contributed by atoms with E-state index in [2.05, 4.69) is 10.3 Å². The molecule has 1 fully saturated rings. The van der Waals surface area contributed by atoms with Gasteiger partial charge >= 0.3 is 0 Å². The van der Waals surface area contributed by atoms with Crippen LogP contribution >= 0.6 is 0 Å². The van der Waals surface area contributed by atoms with Crippen LogP contribution in [0.15, 0.2) is 18.3 Å². The number of nitrogens with one attached hydrogen (secondary N) is 1. The van der Waals surface area contributed by atoms with Gasteiger partial charge in [0.05, 0.1) is 6.20 Å². The van der Waals surface area contributed by atoms with Crippen molar-refractivity contribution in [1.82, 2.24) is 15.2 Å². The molecule has 1 aliphatic heterocycles. The first kappa shape index (κ1) is 13.0. The first-order valence-corrected chi connectivity index (χ1v) is 6.35. The highest BCUT2D eigenvalue weighted by atomic mass is 19.1. The zero-order valence-corrected chi connectivity index (χ0v) is 10.5. The Balaban J connectivity index is 2.11. The van der Waals surface area contributed by atoms with Crippen molar-refractivity contribution in [2.45, 2.75) is 25.8 Å². The number of carbonyl (C=O) groups is 1. The molecule has 0 radical (unpaired) electrons. The van der Waals surface area contributed by atoms with Crippen LogP contribution in [0.3, 0.4) is 0 Å². The highest BCUT2D eigenvalue weighted by molar-refractivity contribution is 5.92. The molecule has 1 aromatic rings. The minimum Gasteiger partial charge on any atom is -0.335 e. The second-order valence-corrected chi connectivity index (χ2v) is 4.43. The van der Waals surface area contributed by atoms with Crippen LogP contribution in [0.4, 0.5) is 4.39 Å². The average Bonchev–Trinajstić information content (AvgIpc) is 2.41. The SMILES string of the molecule is CCN(C(=O)c1ccc(F)cn1)C1CCNCC1. The summed E-state index contributed by atoms with van der Waals surface area (Å²) in [6.07, 6.45) is 3.01. The number of pyridine rings is 1. The van der Waals surface area contributed by atoms with Gasteiger partial charge in [-0.15, -0.1) is 0 Å². The first-order valence-electron chi connectivity index (χ1n) is 6.35. The molecule has 1 amide bonds. The molecule has 0 unspecified atom stereocenters. The third kappa shape index (κ3) is 2.85. The summed E-state index contributed by atoms with van der Waals surface area (Å²) >= 11 is 0. The fourth-order valence-electron chi connectivity index (χ4n) is 2.34. The van der Waals surface area contributed by atoms with E-state index in [1.54, 1.807) is 0 Å². The zero-order chi connectivity index (χ0) is 13.0. The van der Waals surface area contributed by atoms with E-state index in [0.717, 1.165) is 32.1 Å². The Morgan fingerprint density at radius 2 is 2.22 bits per heavy atom. The lowest BCUT2D eigenvalue weighted by atomic mass is 10.0. The van der Waals surface area contributed by atoms with Crippen LogP contribution in [0.1, 0.15) is 30.3 Å². The van der Waals surface area contributed by atoms with Gasteiger partial charge in [-0.2, -0.15) is 0 Å². The fraction of sp³-hybridized carbons (Fsp3) is 0.538. The van der Waals surface area contributed by atoms with E-state index in [1.807, 2.05) is 11.8 Å². The number of hydrogen-bond donors (Lipinski definition) is 1. The second kappa shape index (κ2) is 5.91. The van der Waals surface area contributed by atoms with Crippen molar-refractivity contribution in [3.8, 4) is 0 Å². The van der Waals surface area contributed by atoms with Gasteiger partial charge in [0.2, 0.25) is 0 Å². The van der Waals surface area contributed by atoms with E-state index in [9.17, 15) is 9.18 Å². The Hall–Kier alpha value is -1.49. The number of aromatic nitrogens is 1. The molecular formula is C13H18FN3O. The number of halogens is 1. The molecule has 2 heterocycles. The number of rotatable bonds is 3. The van der Waals surface area contributed by atoms with Crippen LogP contribution in [0.25, 0.3) is 0 Å². The molecule has 4 nitrogen and oxygen atoms in total. The molecule has 5 heteroatoms. The van der Waals surface area contributed by atoms with Crippen LogP contribution in [0.5, 0.6) is 0 Å². The standard InChI is InChI=1S/C13H18FN3O/c1-2-17(11-5-7-15-8-6-11)13(18)12-4-3-10(14)9-16-12/h3-4,9,11,15H,2,5-8H2,1H3. The Labute approximate surface area is 106 Å². The maximum Gasteiger partial charge on any atom is 0.272 e. The summed E-state index contributed by atoms with van der Waals surface area (Å²) in [5, 5.41) is 3.28. The molecule has 98 valence electrons. The molecule has 0 atom stereocenters. The molecule has 2 rings (SSSR count). The van der Waals surface area contributed by atoms with Crippen molar-refractivity contribution in [3.05, 3.63) is 29.8 Å². The Kier molecular flexibility index (Phi) is 4.25. The molecule has 18 heavy (non-hydrogen) atoms. The largest absolute Gasteiger partial charge is 0.335 e. The van der Waals surface area contributed by atoms with E-state index in [4.69, 9.17) is 0 Å². The Morgan fingerprint density at radius 1 is 1.50 bits per heavy atom. The number of carbonyl (C=O) groups excluding carboxylic acids is 1. The second-order valence-electron chi connectivity index (χ2n) is 4.43. The van der Waals surface area contributed by atoms with Crippen LogP contribution in [0, 0.1) is 5.82 Å². The molecule has 1 N–H and O–H groups in total. The van der Waals surface area contributed by atoms with E-state index in [1.165, 1.54) is 12.1 Å². The van der Waals surface area contributed by atoms with Crippen LogP contribution in [-0.4, -0.2) is 41.5 Å². The molecule has 0 bridgehead atoms. The summed E-state index contributed by atoms with van der Waals surface area (Å²) in [5.41, 5.74) is 0.316. The predicted molar refractivity (Wildman–Crippen MR) is 66.8 cm³/mol. The normalized spacial score (nSPS) is 16.6. The summed E-state index contributed by atoms with van der Waals surface area (Å²) < 4.78 is 12.8. The average molecular weight is 251 g/mol. The molecule has 0 aromatic carbocycles. The maximum absolute atomic E-state index is 12.8. The van der Waals surface area contributed by atoms with Crippen molar-refractivity contribution in [2.24, 2.45) is 0 Å². The van der Waals surface area contributed by atoms with E-state index < -0.39 is 5.82 Å². The van der Waals surface area contributed by atoms with Crippen molar-refractivity contribution in [2.75, 3.05) is 19.6 Å². The van der Waals surface area contributed by atoms with Gasteiger partial charge < -0.3 is 10.2 Å². The van der Waals surface area contributed by atoms with Crippen molar-refractivity contribution < 1.29 is 9.18 Å². The molecule has 0 spiro atoms. The Bertz CT molecular complexity index is 401. The topological polar surface area (TPSA) is 45.2 Å². The third-order valence-electron chi connectivity index (χ3n) is 3.30. The van der Waals surface area contributed by atoms with Crippen molar-refractivity contribution >= 4 is 5.91 Å². The lowest BCUT2D eigenvalue weighted by molar-refractivity contribution is 0.0650. The smallest absolute Gasteiger partial charge is 0.272 e. The Morgan fingerprint density at radius 3 is 2.78 bits per heavy atom. The molecular weight excluding hydrogens is 233 g/mol. The van der Waals surface area contributed by atoms with E-state index in [0.29, 0.717) is 12.2 Å². The van der Waals surface area contributed by atoms with Gasteiger partial charge in [0.15, 0.2) is 0 Å².